The van der Waals surface area contributed by atoms with Crippen molar-refractivity contribution in [2.75, 3.05) is 6.54 Å². The molecule has 0 saturated carbocycles. The first-order valence-corrected chi connectivity index (χ1v) is 8.21. The second-order valence-corrected chi connectivity index (χ2v) is 6.73. The maximum absolute atomic E-state index is 12.7. The van der Waals surface area contributed by atoms with E-state index in [0.717, 1.165) is 30.1 Å². The van der Waals surface area contributed by atoms with Gasteiger partial charge in [-0.25, -0.2) is 0 Å². The standard InChI is InChI=1S/C17H23N3O3/c1-10(2)12-8-16(23-18-12)14-6-5-7-20(14)17(21)13-9-15(11(3)4)22-19-13/h8-11,14H,5-7H2,1-4H3/t14-/m0/s1. The Morgan fingerprint density at radius 2 is 1.96 bits per heavy atom. The zero-order valence-electron chi connectivity index (χ0n) is 14.1. The highest BCUT2D eigenvalue weighted by Crippen LogP contribution is 2.34. The highest BCUT2D eigenvalue weighted by Gasteiger charge is 2.34. The van der Waals surface area contributed by atoms with Crippen molar-refractivity contribution in [2.45, 2.75) is 58.4 Å². The van der Waals surface area contributed by atoms with Crippen LogP contribution in [0.25, 0.3) is 0 Å². The van der Waals surface area contributed by atoms with Crippen LogP contribution in [-0.2, 0) is 0 Å². The molecule has 2 aromatic rings. The fourth-order valence-corrected chi connectivity index (χ4v) is 2.85. The Kier molecular flexibility index (Phi) is 4.24. The average Bonchev–Trinajstić information content (AvgIpc) is 3.24. The Bertz CT molecular complexity index is 687. The first-order valence-electron chi connectivity index (χ1n) is 8.21. The largest absolute Gasteiger partial charge is 0.360 e. The van der Waals surface area contributed by atoms with Crippen LogP contribution in [-0.4, -0.2) is 27.7 Å². The van der Waals surface area contributed by atoms with Crippen LogP contribution in [0.4, 0.5) is 0 Å². The van der Waals surface area contributed by atoms with Crippen molar-refractivity contribution in [1.82, 2.24) is 15.2 Å². The molecule has 0 spiro atoms. The van der Waals surface area contributed by atoms with Crippen LogP contribution in [0.3, 0.4) is 0 Å². The zero-order chi connectivity index (χ0) is 16.6. The van der Waals surface area contributed by atoms with Crippen LogP contribution in [0.5, 0.6) is 0 Å². The molecule has 1 fully saturated rings. The number of hydrogen-bond donors (Lipinski definition) is 0. The molecule has 6 heteroatoms. The van der Waals surface area contributed by atoms with E-state index in [4.69, 9.17) is 9.05 Å². The van der Waals surface area contributed by atoms with Crippen LogP contribution in [0.15, 0.2) is 21.2 Å². The molecule has 1 saturated heterocycles. The van der Waals surface area contributed by atoms with Gasteiger partial charge in [0.1, 0.15) is 5.76 Å². The summed E-state index contributed by atoms with van der Waals surface area (Å²) in [7, 11) is 0. The van der Waals surface area contributed by atoms with Crippen LogP contribution in [0.1, 0.15) is 86.1 Å². The van der Waals surface area contributed by atoms with E-state index < -0.39 is 0 Å². The van der Waals surface area contributed by atoms with Gasteiger partial charge in [-0.05, 0) is 18.8 Å². The molecule has 124 valence electrons. The molecule has 0 bridgehead atoms. The van der Waals surface area contributed by atoms with E-state index in [1.54, 1.807) is 6.07 Å². The second kappa shape index (κ2) is 6.18. The van der Waals surface area contributed by atoms with Crippen LogP contribution < -0.4 is 0 Å². The van der Waals surface area contributed by atoms with Gasteiger partial charge in [0.05, 0.1) is 11.7 Å². The molecule has 1 atom stereocenters. The summed E-state index contributed by atoms with van der Waals surface area (Å²) < 4.78 is 10.7. The van der Waals surface area contributed by atoms with Crippen molar-refractivity contribution in [3.63, 3.8) is 0 Å². The van der Waals surface area contributed by atoms with Crippen molar-refractivity contribution in [1.29, 1.82) is 0 Å². The Morgan fingerprint density at radius 1 is 1.17 bits per heavy atom. The van der Waals surface area contributed by atoms with Gasteiger partial charge in [-0.3, -0.25) is 4.79 Å². The summed E-state index contributed by atoms with van der Waals surface area (Å²) in [4.78, 5) is 14.6. The maximum atomic E-state index is 12.7. The Labute approximate surface area is 135 Å². The van der Waals surface area contributed by atoms with E-state index in [-0.39, 0.29) is 17.9 Å². The minimum absolute atomic E-state index is 0.0679. The Morgan fingerprint density at radius 3 is 2.57 bits per heavy atom. The molecule has 0 N–H and O–H groups in total. The van der Waals surface area contributed by atoms with Gasteiger partial charge in [-0.1, -0.05) is 38.0 Å². The number of likely N-dealkylation sites (tertiary alicyclic amines) is 1. The van der Waals surface area contributed by atoms with Crippen LogP contribution in [0, 0.1) is 0 Å². The Hall–Kier alpha value is -2.11. The van der Waals surface area contributed by atoms with Gasteiger partial charge < -0.3 is 13.9 Å². The number of hydrogen-bond acceptors (Lipinski definition) is 5. The molecular formula is C17H23N3O3. The van der Waals surface area contributed by atoms with Crippen molar-refractivity contribution in [3.8, 4) is 0 Å². The van der Waals surface area contributed by atoms with Gasteiger partial charge in [0.15, 0.2) is 11.5 Å². The topological polar surface area (TPSA) is 72.4 Å². The van der Waals surface area contributed by atoms with Crippen molar-refractivity contribution < 1.29 is 13.8 Å². The summed E-state index contributed by atoms with van der Waals surface area (Å²) in [5.41, 5.74) is 1.28. The monoisotopic (exact) mass is 317 g/mol. The number of rotatable bonds is 4. The van der Waals surface area contributed by atoms with Gasteiger partial charge in [0, 0.05) is 24.6 Å². The number of nitrogens with zero attached hydrogens (tertiary/aromatic N) is 3. The van der Waals surface area contributed by atoms with Crippen LogP contribution >= 0.6 is 0 Å². The predicted octanol–water partition coefficient (Wildman–Crippen LogP) is 3.89. The number of amides is 1. The zero-order valence-corrected chi connectivity index (χ0v) is 14.1. The third kappa shape index (κ3) is 3.02. The molecule has 0 radical (unpaired) electrons. The van der Waals surface area contributed by atoms with Crippen molar-refractivity contribution in [2.24, 2.45) is 0 Å². The summed E-state index contributed by atoms with van der Waals surface area (Å²) >= 11 is 0. The minimum atomic E-state index is -0.106. The maximum Gasteiger partial charge on any atom is 0.276 e. The molecule has 3 rings (SSSR count). The highest BCUT2D eigenvalue weighted by molar-refractivity contribution is 5.92. The number of aromatic nitrogens is 2. The van der Waals surface area contributed by atoms with E-state index in [1.165, 1.54) is 0 Å². The summed E-state index contributed by atoms with van der Waals surface area (Å²) in [6, 6.07) is 3.63. The van der Waals surface area contributed by atoms with E-state index in [2.05, 4.69) is 24.2 Å². The molecule has 0 aromatic carbocycles. The van der Waals surface area contributed by atoms with Gasteiger partial charge in [0.2, 0.25) is 0 Å². The molecule has 3 heterocycles. The van der Waals surface area contributed by atoms with Gasteiger partial charge in [0.25, 0.3) is 5.91 Å². The SMILES string of the molecule is CC(C)c1cc([C@@H]2CCCN2C(=O)c2cc(C(C)C)on2)on1. The quantitative estimate of drug-likeness (QED) is 0.855. The fraction of sp³-hybridized carbons (Fsp3) is 0.588. The summed E-state index contributed by atoms with van der Waals surface area (Å²) in [6.07, 6.45) is 1.83. The van der Waals surface area contributed by atoms with Gasteiger partial charge in [-0.15, -0.1) is 0 Å². The fourth-order valence-electron chi connectivity index (χ4n) is 2.85. The molecule has 1 amide bonds. The molecule has 0 unspecified atom stereocenters. The highest BCUT2D eigenvalue weighted by atomic mass is 16.5. The Balaban J connectivity index is 1.81. The van der Waals surface area contributed by atoms with E-state index in [9.17, 15) is 4.79 Å². The normalized spacial score (nSPS) is 18.3. The summed E-state index contributed by atoms with van der Waals surface area (Å²) in [5, 5.41) is 8.04. The minimum Gasteiger partial charge on any atom is -0.360 e. The molecule has 0 aliphatic carbocycles. The average molecular weight is 317 g/mol. The number of carbonyl (C=O) groups excluding carboxylic acids is 1. The second-order valence-electron chi connectivity index (χ2n) is 6.73. The number of carbonyl (C=O) groups is 1. The lowest BCUT2D eigenvalue weighted by atomic mass is 10.1. The first kappa shape index (κ1) is 15.8. The lowest BCUT2D eigenvalue weighted by molar-refractivity contribution is 0.0704. The van der Waals surface area contributed by atoms with E-state index in [1.807, 2.05) is 24.8 Å². The van der Waals surface area contributed by atoms with Crippen molar-refractivity contribution in [3.05, 3.63) is 35.0 Å². The van der Waals surface area contributed by atoms with E-state index in [0.29, 0.717) is 18.2 Å². The summed E-state index contributed by atoms with van der Waals surface area (Å²) in [6.45, 7) is 8.86. The summed E-state index contributed by atoms with van der Waals surface area (Å²) in [5.74, 6) is 1.90. The molecular weight excluding hydrogens is 294 g/mol. The van der Waals surface area contributed by atoms with Gasteiger partial charge >= 0.3 is 0 Å². The smallest absolute Gasteiger partial charge is 0.276 e. The third-order valence-electron chi connectivity index (χ3n) is 4.30. The lowest BCUT2D eigenvalue weighted by Crippen LogP contribution is -2.30. The lowest BCUT2D eigenvalue weighted by Gasteiger charge is -2.21. The molecule has 23 heavy (non-hydrogen) atoms. The van der Waals surface area contributed by atoms with Crippen LogP contribution in [0.2, 0.25) is 0 Å². The first-order chi connectivity index (χ1) is 11.0. The van der Waals surface area contributed by atoms with Crippen molar-refractivity contribution >= 4 is 5.91 Å². The molecule has 6 nitrogen and oxygen atoms in total. The molecule has 2 aromatic heterocycles. The third-order valence-corrected chi connectivity index (χ3v) is 4.30. The van der Waals surface area contributed by atoms with E-state index >= 15 is 0 Å². The molecule has 1 aliphatic heterocycles. The van der Waals surface area contributed by atoms with Gasteiger partial charge in [-0.2, -0.15) is 0 Å². The predicted molar refractivity (Wildman–Crippen MR) is 84.2 cm³/mol. The molecule has 1 aliphatic rings.